The van der Waals surface area contributed by atoms with Gasteiger partial charge < -0.3 is 20.1 Å². The molecule has 0 heterocycles. The number of halogens is 1. The SMILES string of the molecule is CCOc1c(Cl)cc(C(=O)NCC(=O)Nc2c(C)cccc2C)cc1OC. The molecule has 2 amide bonds. The van der Waals surface area contributed by atoms with E-state index in [9.17, 15) is 9.59 Å². The molecule has 0 fully saturated rings. The number of benzene rings is 2. The molecule has 0 bridgehead atoms. The minimum atomic E-state index is -0.435. The molecule has 27 heavy (non-hydrogen) atoms. The number of hydrogen-bond acceptors (Lipinski definition) is 4. The van der Waals surface area contributed by atoms with Crippen molar-refractivity contribution in [2.75, 3.05) is 25.6 Å². The number of amides is 2. The summed E-state index contributed by atoms with van der Waals surface area (Å²) in [4.78, 5) is 24.6. The Kier molecular flexibility index (Phi) is 7.07. The number of methoxy groups -OCH3 is 1. The van der Waals surface area contributed by atoms with E-state index >= 15 is 0 Å². The molecule has 2 N–H and O–H groups in total. The van der Waals surface area contributed by atoms with Crippen LogP contribution in [0.1, 0.15) is 28.4 Å². The van der Waals surface area contributed by atoms with E-state index in [1.807, 2.05) is 39.0 Å². The van der Waals surface area contributed by atoms with Crippen molar-refractivity contribution >= 4 is 29.1 Å². The van der Waals surface area contributed by atoms with Gasteiger partial charge in [0.15, 0.2) is 11.5 Å². The Morgan fingerprint density at radius 1 is 1.15 bits per heavy atom. The zero-order valence-corrected chi connectivity index (χ0v) is 16.6. The molecular formula is C20H23ClN2O4. The first-order chi connectivity index (χ1) is 12.9. The Labute approximate surface area is 163 Å². The Balaban J connectivity index is 2.05. The van der Waals surface area contributed by atoms with Gasteiger partial charge in [-0.2, -0.15) is 0 Å². The summed E-state index contributed by atoms with van der Waals surface area (Å²) in [6.45, 7) is 5.90. The first kappa shape index (κ1) is 20.6. The molecule has 0 aliphatic rings. The fourth-order valence-corrected chi connectivity index (χ4v) is 2.86. The van der Waals surface area contributed by atoms with Crippen LogP contribution in [0.5, 0.6) is 11.5 Å². The maximum Gasteiger partial charge on any atom is 0.251 e. The Bertz CT molecular complexity index is 832. The number of nitrogens with one attached hydrogen (secondary N) is 2. The van der Waals surface area contributed by atoms with Gasteiger partial charge in [0.2, 0.25) is 5.91 Å². The summed E-state index contributed by atoms with van der Waals surface area (Å²) in [5, 5.41) is 5.67. The second kappa shape index (κ2) is 9.28. The van der Waals surface area contributed by atoms with E-state index in [1.54, 1.807) is 0 Å². The fourth-order valence-electron chi connectivity index (χ4n) is 2.59. The normalized spacial score (nSPS) is 10.3. The van der Waals surface area contributed by atoms with Crippen LogP contribution in [0.2, 0.25) is 5.02 Å². The highest BCUT2D eigenvalue weighted by Crippen LogP contribution is 2.36. The lowest BCUT2D eigenvalue weighted by atomic mass is 10.1. The van der Waals surface area contributed by atoms with E-state index in [1.165, 1.54) is 19.2 Å². The van der Waals surface area contributed by atoms with Crippen molar-refractivity contribution < 1.29 is 19.1 Å². The molecule has 6 nitrogen and oxygen atoms in total. The van der Waals surface area contributed by atoms with Gasteiger partial charge in [-0.05, 0) is 44.0 Å². The van der Waals surface area contributed by atoms with Crippen LogP contribution in [-0.2, 0) is 4.79 Å². The molecule has 0 spiro atoms. The second-order valence-corrected chi connectivity index (χ2v) is 6.33. The maximum absolute atomic E-state index is 12.4. The van der Waals surface area contributed by atoms with E-state index in [4.69, 9.17) is 21.1 Å². The summed E-state index contributed by atoms with van der Waals surface area (Å²) in [6, 6.07) is 8.75. The van der Waals surface area contributed by atoms with E-state index in [-0.39, 0.29) is 23.0 Å². The first-order valence-corrected chi connectivity index (χ1v) is 8.89. The third kappa shape index (κ3) is 5.14. The van der Waals surface area contributed by atoms with Crippen LogP contribution < -0.4 is 20.1 Å². The van der Waals surface area contributed by atoms with E-state index in [0.29, 0.717) is 18.1 Å². The Morgan fingerprint density at radius 2 is 1.81 bits per heavy atom. The van der Waals surface area contributed by atoms with Gasteiger partial charge in [-0.3, -0.25) is 9.59 Å². The molecule has 0 aliphatic carbocycles. The third-order valence-electron chi connectivity index (χ3n) is 3.94. The molecule has 2 aromatic rings. The molecule has 0 unspecified atom stereocenters. The lowest BCUT2D eigenvalue weighted by Crippen LogP contribution is -2.33. The van der Waals surface area contributed by atoms with E-state index in [2.05, 4.69) is 10.6 Å². The summed E-state index contributed by atoms with van der Waals surface area (Å²) < 4.78 is 10.7. The van der Waals surface area contributed by atoms with Gasteiger partial charge in [0, 0.05) is 11.3 Å². The van der Waals surface area contributed by atoms with Gasteiger partial charge in [0.1, 0.15) is 0 Å². The predicted octanol–water partition coefficient (Wildman–Crippen LogP) is 3.73. The van der Waals surface area contributed by atoms with Gasteiger partial charge in [0.25, 0.3) is 5.91 Å². The maximum atomic E-state index is 12.4. The van der Waals surface area contributed by atoms with Crippen molar-refractivity contribution in [3.63, 3.8) is 0 Å². The number of hydrogen-bond donors (Lipinski definition) is 2. The van der Waals surface area contributed by atoms with Crippen LogP contribution in [0.4, 0.5) is 5.69 Å². The number of anilines is 1. The first-order valence-electron chi connectivity index (χ1n) is 8.52. The van der Waals surface area contributed by atoms with Crippen LogP contribution in [0, 0.1) is 13.8 Å². The molecule has 0 atom stereocenters. The number of para-hydroxylation sites is 1. The van der Waals surface area contributed by atoms with Gasteiger partial charge in [0.05, 0.1) is 25.3 Å². The predicted molar refractivity (Wildman–Crippen MR) is 106 cm³/mol. The van der Waals surface area contributed by atoms with Crippen LogP contribution in [0.15, 0.2) is 30.3 Å². The van der Waals surface area contributed by atoms with E-state index in [0.717, 1.165) is 16.8 Å². The average Bonchev–Trinajstić information content (AvgIpc) is 2.64. The molecule has 0 aromatic heterocycles. The van der Waals surface area contributed by atoms with Gasteiger partial charge in [-0.25, -0.2) is 0 Å². The average molecular weight is 391 g/mol. The lowest BCUT2D eigenvalue weighted by molar-refractivity contribution is -0.115. The highest BCUT2D eigenvalue weighted by Gasteiger charge is 2.16. The van der Waals surface area contributed by atoms with E-state index < -0.39 is 5.91 Å². The molecule has 144 valence electrons. The molecule has 2 aromatic carbocycles. The lowest BCUT2D eigenvalue weighted by Gasteiger charge is -2.14. The number of carbonyl (C=O) groups is 2. The summed E-state index contributed by atoms with van der Waals surface area (Å²) in [6.07, 6.45) is 0. The molecule has 7 heteroatoms. The van der Waals surface area contributed by atoms with Crippen molar-refractivity contribution in [1.82, 2.24) is 5.32 Å². The number of carbonyl (C=O) groups excluding carboxylic acids is 2. The van der Waals surface area contributed by atoms with Crippen molar-refractivity contribution in [3.8, 4) is 11.5 Å². The van der Waals surface area contributed by atoms with Gasteiger partial charge >= 0.3 is 0 Å². The largest absolute Gasteiger partial charge is 0.493 e. The zero-order chi connectivity index (χ0) is 20.0. The molecule has 0 radical (unpaired) electrons. The molecule has 0 saturated heterocycles. The van der Waals surface area contributed by atoms with Crippen molar-refractivity contribution in [3.05, 3.63) is 52.0 Å². The number of ether oxygens (including phenoxy) is 2. The third-order valence-corrected chi connectivity index (χ3v) is 4.22. The van der Waals surface area contributed by atoms with Crippen molar-refractivity contribution in [1.29, 1.82) is 0 Å². The van der Waals surface area contributed by atoms with Crippen molar-refractivity contribution in [2.24, 2.45) is 0 Å². The topological polar surface area (TPSA) is 76.7 Å². The minimum Gasteiger partial charge on any atom is -0.493 e. The summed E-state index contributed by atoms with van der Waals surface area (Å²) in [7, 11) is 1.47. The Morgan fingerprint density at radius 3 is 2.41 bits per heavy atom. The smallest absolute Gasteiger partial charge is 0.251 e. The minimum absolute atomic E-state index is 0.167. The van der Waals surface area contributed by atoms with Crippen LogP contribution in [0.25, 0.3) is 0 Å². The number of rotatable bonds is 7. The summed E-state index contributed by atoms with van der Waals surface area (Å²) in [5.74, 6) is -0.0138. The van der Waals surface area contributed by atoms with Crippen LogP contribution in [-0.4, -0.2) is 32.1 Å². The van der Waals surface area contributed by atoms with Gasteiger partial charge in [-0.1, -0.05) is 29.8 Å². The van der Waals surface area contributed by atoms with Gasteiger partial charge in [-0.15, -0.1) is 0 Å². The fraction of sp³-hybridized carbons (Fsp3) is 0.300. The van der Waals surface area contributed by atoms with Crippen molar-refractivity contribution in [2.45, 2.75) is 20.8 Å². The Hall–Kier alpha value is -2.73. The molecular weight excluding hydrogens is 368 g/mol. The summed E-state index contributed by atoms with van der Waals surface area (Å²) >= 11 is 6.18. The van der Waals surface area contributed by atoms with Crippen LogP contribution in [0.3, 0.4) is 0 Å². The number of aryl methyl sites for hydroxylation is 2. The molecule has 0 aliphatic heterocycles. The monoisotopic (exact) mass is 390 g/mol. The van der Waals surface area contributed by atoms with Crippen LogP contribution >= 0.6 is 11.6 Å². The highest BCUT2D eigenvalue weighted by molar-refractivity contribution is 6.32. The second-order valence-electron chi connectivity index (χ2n) is 5.92. The standard InChI is InChI=1S/C20H23ClN2O4/c1-5-27-19-15(21)9-14(10-16(19)26-4)20(25)22-11-17(24)23-18-12(2)7-6-8-13(18)3/h6-10H,5,11H2,1-4H3,(H,22,25)(H,23,24). The quantitative estimate of drug-likeness (QED) is 0.755. The highest BCUT2D eigenvalue weighted by atomic mass is 35.5. The molecule has 0 saturated carbocycles. The summed E-state index contributed by atoms with van der Waals surface area (Å²) in [5.41, 5.74) is 2.94. The molecule has 2 rings (SSSR count). The zero-order valence-electron chi connectivity index (χ0n) is 15.8.